The van der Waals surface area contributed by atoms with Crippen molar-refractivity contribution in [2.75, 3.05) is 12.3 Å². The molecule has 0 aromatic carbocycles. The molecule has 0 aliphatic carbocycles. The van der Waals surface area contributed by atoms with E-state index in [1.807, 2.05) is 30.3 Å². The highest BCUT2D eigenvalue weighted by molar-refractivity contribution is 5.70. The summed E-state index contributed by atoms with van der Waals surface area (Å²) in [5.74, 6) is 0.848. The van der Waals surface area contributed by atoms with Crippen LogP contribution in [0, 0.1) is 0 Å². The van der Waals surface area contributed by atoms with E-state index in [4.69, 9.17) is 10.2 Å². The summed E-state index contributed by atoms with van der Waals surface area (Å²) in [6.07, 6.45) is 5.92. The molecule has 1 unspecified atom stereocenters. The number of nitrogen functional groups attached to an aromatic ring is 1. The first-order valence-corrected chi connectivity index (χ1v) is 9.01. The molecule has 0 bridgehead atoms. The quantitative estimate of drug-likeness (QED) is 0.649. The lowest BCUT2D eigenvalue weighted by molar-refractivity contribution is 0.522. The number of pyridine rings is 1. The maximum atomic E-state index is 5.88. The smallest absolute Gasteiger partial charge is 0.221 e. The molecule has 0 fully saturated rings. The molecule has 3 N–H and O–H groups in total. The van der Waals surface area contributed by atoms with Crippen LogP contribution in [0.15, 0.2) is 57.4 Å². The van der Waals surface area contributed by atoms with Crippen LogP contribution in [0.5, 0.6) is 0 Å². The van der Waals surface area contributed by atoms with E-state index in [1.165, 1.54) is 0 Å². The number of azo groups is 1. The van der Waals surface area contributed by atoms with Crippen LogP contribution < -0.4 is 11.1 Å². The molecule has 1 atom stereocenters. The van der Waals surface area contributed by atoms with Crippen molar-refractivity contribution in [3.05, 3.63) is 54.2 Å². The highest BCUT2D eigenvalue weighted by Crippen LogP contribution is 2.35. The number of hydrogen-bond donors (Lipinski definition) is 2. The van der Waals surface area contributed by atoms with Crippen molar-refractivity contribution < 1.29 is 4.42 Å². The number of nitrogens with one attached hydrogen (secondary N) is 1. The van der Waals surface area contributed by atoms with Crippen molar-refractivity contribution in [2.45, 2.75) is 31.8 Å². The second-order valence-corrected chi connectivity index (χ2v) is 6.40. The summed E-state index contributed by atoms with van der Waals surface area (Å²) in [6, 6.07) is 9.69. The van der Waals surface area contributed by atoms with Crippen molar-refractivity contribution in [1.29, 1.82) is 0 Å². The first-order chi connectivity index (χ1) is 13.3. The van der Waals surface area contributed by atoms with Gasteiger partial charge in [0.15, 0.2) is 5.76 Å². The Morgan fingerprint density at radius 2 is 2.15 bits per heavy atom. The Morgan fingerprint density at radius 3 is 2.96 bits per heavy atom. The molecule has 138 valence electrons. The lowest BCUT2D eigenvalue weighted by Crippen LogP contribution is -2.20. The van der Waals surface area contributed by atoms with E-state index in [0.717, 1.165) is 43.7 Å². The van der Waals surface area contributed by atoms with E-state index in [1.54, 1.807) is 12.5 Å². The fraction of sp³-hybridized carbons (Fsp3) is 0.316. The Labute approximate surface area is 157 Å². The van der Waals surface area contributed by atoms with Gasteiger partial charge < -0.3 is 15.5 Å². The van der Waals surface area contributed by atoms with Gasteiger partial charge >= 0.3 is 0 Å². The van der Waals surface area contributed by atoms with Gasteiger partial charge in [-0.2, -0.15) is 10.2 Å². The average molecular weight is 363 g/mol. The maximum absolute atomic E-state index is 5.88. The predicted octanol–water partition coefficient (Wildman–Crippen LogP) is 3.29. The van der Waals surface area contributed by atoms with Crippen molar-refractivity contribution in [3.8, 4) is 11.5 Å². The van der Waals surface area contributed by atoms with Gasteiger partial charge in [0.2, 0.25) is 5.95 Å². The van der Waals surface area contributed by atoms with Crippen molar-refractivity contribution in [2.24, 2.45) is 10.2 Å². The van der Waals surface area contributed by atoms with Crippen LogP contribution in [0.2, 0.25) is 0 Å². The Balaban J connectivity index is 1.41. The summed E-state index contributed by atoms with van der Waals surface area (Å²) in [5, 5.41) is 12.4. The first-order valence-electron chi connectivity index (χ1n) is 9.01. The summed E-state index contributed by atoms with van der Waals surface area (Å²) in [7, 11) is 0. The molecule has 1 aliphatic rings. The summed E-state index contributed by atoms with van der Waals surface area (Å²) < 4.78 is 5.47. The number of anilines is 1. The second-order valence-electron chi connectivity index (χ2n) is 6.40. The largest absolute Gasteiger partial charge is 0.463 e. The summed E-state index contributed by atoms with van der Waals surface area (Å²) in [4.78, 5) is 13.0. The lowest BCUT2D eigenvalue weighted by atomic mass is 10.1. The second kappa shape index (κ2) is 8.05. The third-order valence-corrected chi connectivity index (χ3v) is 4.45. The van der Waals surface area contributed by atoms with Crippen LogP contribution in [-0.2, 0) is 13.0 Å². The van der Waals surface area contributed by atoms with Crippen LogP contribution in [0.4, 0.5) is 11.6 Å². The standard InChI is InChI=1S/C19H21N7O/c20-19-23-15-7-6-13(8-10-21-12-14-4-1-2-9-22-14)25-26-17(15)18(24-19)16-5-3-11-27-16/h1-5,9,11,13,21H,6-8,10,12H2,(H2,20,23,24). The Kier molecular flexibility index (Phi) is 5.15. The molecular formula is C19H21N7O. The lowest BCUT2D eigenvalue weighted by Gasteiger charge is -2.09. The minimum atomic E-state index is 0.126. The van der Waals surface area contributed by atoms with Crippen LogP contribution in [0.1, 0.15) is 24.2 Å². The fourth-order valence-corrected chi connectivity index (χ4v) is 3.08. The predicted molar refractivity (Wildman–Crippen MR) is 101 cm³/mol. The molecule has 0 amide bonds. The van der Waals surface area contributed by atoms with Crippen LogP contribution in [-0.4, -0.2) is 27.5 Å². The number of nitrogens with two attached hydrogens (primary N) is 1. The zero-order valence-corrected chi connectivity index (χ0v) is 14.9. The van der Waals surface area contributed by atoms with E-state index in [0.29, 0.717) is 17.1 Å². The molecule has 1 aliphatic heterocycles. The van der Waals surface area contributed by atoms with Gasteiger partial charge in [-0.25, -0.2) is 9.97 Å². The molecule has 0 radical (unpaired) electrons. The minimum Gasteiger partial charge on any atom is -0.463 e. The highest BCUT2D eigenvalue weighted by atomic mass is 16.3. The fourth-order valence-electron chi connectivity index (χ4n) is 3.08. The van der Waals surface area contributed by atoms with E-state index >= 15 is 0 Å². The minimum absolute atomic E-state index is 0.126. The molecule has 3 aromatic heterocycles. The topological polar surface area (TPSA) is 115 Å². The number of aryl methyl sites for hydroxylation is 1. The number of nitrogens with zero attached hydrogens (tertiary/aromatic N) is 5. The van der Waals surface area contributed by atoms with E-state index in [9.17, 15) is 0 Å². The number of furan rings is 1. The van der Waals surface area contributed by atoms with Gasteiger partial charge in [-0.15, -0.1) is 0 Å². The van der Waals surface area contributed by atoms with E-state index in [-0.39, 0.29) is 12.0 Å². The van der Waals surface area contributed by atoms with Crippen molar-refractivity contribution in [1.82, 2.24) is 20.3 Å². The monoisotopic (exact) mass is 363 g/mol. The summed E-state index contributed by atoms with van der Waals surface area (Å²) in [5.41, 5.74) is 8.98. The summed E-state index contributed by atoms with van der Waals surface area (Å²) >= 11 is 0. The third kappa shape index (κ3) is 4.17. The van der Waals surface area contributed by atoms with Crippen LogP contribution in [0.3, 0.4) is 0 Å². The zero-order chi connectivity index (χ0) is 18.5. The molecule has 27 heavy (non-hydrogen) atoms. The van der Waals surface area contributed by atoms with Gasteiger partial charge in [0, 0.05) is 12.7 Å². The summed E-state index contributed by atoms with van der Waals surface area (Å²) in [6.45, 7) is 1.59. The molecule has 0 saturated carbocycles. The number of hydrogen-bond acceptors (Lipinski definition) is 8. The molecule has 3 aromatic rings. The van der Waals surface area contributed by atoms with Gasteiger partial charge in [0.25, 0.3) is 0 Å². The molecular weight excluding hydrogens is 342 g/mol. The van der Waals surface area contributed by atoms with Crippen LogP contribution >= 0.6 is 0 Å². The number of aromatic nitrogens is 3. The van der Waals surface area contributed by atoms with Crippen molar-refractivity contribution >= 4 is 11.6 Å². The van der Waals surface area contributed by atoms with Gasteiger partial charge in [-0.05, 0) is 50.1 Å². The van der Waals surface area contributed by atoms with E-state index in [2.05, 4.69) is 30.5 Å². The Bertz CT molecular complexity index is 909. The molecule has 8 nitrogen and oxygen atoms in total. The van der Waals surface area contributed by atoms with Gasteiger partial charge in [-0.3, -0.25) is 4.98 Å². The number of rotatable bonds is 6. The maximum Gasteiger partial charge on any atom is 0.221 e. The Hall–Kier alpha value is -3.13. The normalized spacial score (nSPS) is 16.1. The molecule has 0 saturated heterocycles. The van der Waals surface area contributed by atoms with Crippen LogP contribution in [0.25, 0.3) is 11.5 Å². The molecule has 4 rings (SSSR count). The van der Waals surface area contributed by atoms with E-state index < -0.39 is 0 Å². The molecule has 0 spiro atoms. The van der Waals surface area contributed by atoms with Gasteiger partial charge in [0.1, 0.15) is 11.4 Å². The first kappa shape index (κ1) is 17.3. The number of fused-ring (bicyclic) bond motifs is 1. The van der Waals surface area contributed by atoms with Crippen molar-refractivity contribution in [3.63, 3.8) is 0 Å². The average Bonchev–Trinajstić information content (AvgIpc) is 3.15. The SMILES string of the molecule is Nc1nc2c(c(-c3ccco3)n1)N=NC(CCNCc1ccccn1)CC2. The third-order valence-electron chi connectivity index (χ3n) is 4.45. The zero-order valence-electron chi connectivity index (χ0n) is 14.9. The van der Waals surface area contributed by atoms with Gasteiger partial charge in [0.05, 0.1) is 23.7 Å². The molecule has 4 heterocycles. The molecule has 8 heteroatoms. The Morgan fingerprint density at radius 1 is 1.19 bits per heavy atom. The highest BCUT2D eigenvalue weighted by Gasteiger charge is 2.21. The van der Waals surface area contributed by atoms with Gasteiger partial charge in [-0.1, -0.05) is 6.07 Å².